The summed E-state index contributed by atoms with van der Waals surface area (Å²) in [7, 11) is -1.87. The zero-order valence-electron chi connectivity index (χ0n) is 11.9. The van der Waals surface area contributed by atoms with Crippen LogP contribution < -0.4 is 4.72 Å². The second-order valence-electron chi connectivity index (χ2n) is 4.99. The molecule has 2 N–H and O–H groups in total. The fourth-order valence-corrected chi connectivity index (χ4v) is 2.73. The monoisotopic (exact) mass is 302 g/mol. The number of aliphatic hydroxyl groups is 1. The Labute approximate surface area is 120 Å². The first-order chi connectivity index (χ1) is 9.35. The van der Waals surface area contributed by atoms with Gasteiger partial charge in [0.05, 0.1) is 11.4 Å². The Hall–Kier alpha value is -1.02. The van der Waals surface area contributed by atoms with E-state index < -0.39 is 15.6 Å². The van der Waals surface area contributed by atoms with E-state index >= 15 is 0 Å². The van der Waals surface area contributed by atoms with Gasteiger partial charge in [-0.05, 0) is 31.0 Å². The molecule has 0 saturated carbocycles. The number of pyridine rings is 1. The standard InChI is InChI=1S/C13H22N2O4S/c1-13(16,6-9-19-2)11-15-20(17,18)10-5-12-3-7-14-8-4-12/h3-4,7-8,15-16H,5-6,9-11H2,1-2H3. The first kappa shape index (κ1) is 17.0. The number of sulfonamides is 1. The van der Waals surface area contributed by atoms with Crippen molar-refractivity contribution in [1.82, 2.24) is 9.71 Å². The molecule has 20 heavy (non-hydrogen) atoms. The number of hydrogen-bond donors (Lipinski definition) is 2. The fourth-order valence-electron chi connectivity index (χ4n) is 1.55. The number of aryl methyl sites for hydroxylation is 1. The smallest absolute Gasteiger partial charge is 0.212 e. The van der Waals surface area contributed by atoms with Crippen molar-refractivity contribution < 1.29 is 18.3 Å². The summed E-state index contributed by atoms with van der Waals surface area (Å²) in [6.07, 6.45) is 4.05. The van der Waals surface area contributed by atoms with Crippen LogP contribution in [0.15, 0.2) is 24.5 Å². The second kappa shape index (κ2) is 7.68. The summed E-state index contributed by atoms with van der Waals surface area (Å²) < 4.78 is 31.0. The van der Waals surface area contributed by atoms with Crippen LogP contribution in [0.2, 0.25) is 0 Å². The van der Waals surface area contributed by atoms with Gasteiger partial charge < -0.3 is 9.84 Å². The second-order valence-corrected chi connectivity index (χ2v) is 6.91. The Morgan fingerprint density at radius 2 is 2.05 bits per heavy atom. The lowest BCUT2D eigenvalue weighted by atomic mass is 10.0. The summed E-state index contributed by atoms with van der Waals surface area (Å²) in [5, 5.41) is 9.98. The van der Waals surface area contributed by atoms with Crippen molar-refractivity contribution >= 4 is 10.0 Å². The molecule has 0 saturated heterocycles. The highest BCUT2D eigenvalue weighted by Crippen LogP contribution is 2.08. The lowest BCUT2D eigenvalue weighted by Gasteiger charge is -2.23. The van der Waals surface area contributed by atoms with E-state index in [1.807, 2.05) is 0 Å². The minimum absolute atomic E-state index is 0.0165. The number of hydrogen-bond acceptors (Lipinski definition) is 5. The molecule has 0 amide bonds. The van der Waals surface area contributed by atoms with Crippen molar-refractivity contribution in [3.63, 3.8) is 0 Å². The molecule has 0 aromatic carbocycles. The third kappa shape index (κ3) is 6.95. The number of nitrogens with zero attached hydrogens (tertiary/aromatic N) is 1. The van der Waals surface area contributed by atoms with Gasteiger partial charge in [-0.25, -0.2) is 13.1 Å². The molecule has 0 spiro atoms. The molecule has 1 unspecified atom stereocenters. The van der Waals surface area contributed by atoms with E-state index in [-0.39, 0.29) is 12.3 Å². The molecular formula is C13H22N2O4S. The number of rotatable bonds is 9. The van der Waals surface area contributed by atoms with Crippen LogP contribution in [0, 0.1) is 0 Å². The van der Waals surface area contributed by atoms with Gasteiger partial charge in [0.1, 0.15) is 0 Å². The molecule has 0 bridgehead atoms. The molecule has 6 nitrogen and oxygen atoms in total. The Morgan fingerprint density at radius 1 is 1.40 bits per heavy atom. The Morgan fingerprint density at radius 3 is 2.65 bits per heavy atom. The van der Waals surface area contributed by atoms with E-state index in [0.29, 0.717) is 19.4 Å². The van der Waals surface area contributed by atoms with Gasteiger partial charge in [-0.15, -0.1) is 0 Å². The maximum absolute atomic E-state index is 11.9. The molecule has 7 heteroatoms. The van der Waals surface area contributed by atoms with Gasteiger partial charge in [-0.2, -0.15) is 0 Å². The van der Waals surface area contributed by atoms with E-state index in [1.54, 1.807) is 31.5 Å². The van der Waals surface area contributed by atoms with Crippen molar-refractivity contribution in [3.8, 4) is 0 Å². The molecular weight excluding hydrogens is 280 g/mol. The van der Waals surface area contributed by atoms with Crippen LogP contribution in [-0.2, 0) is 21.2 Å². The Kier molecular flexibility index (Phi) is 6.54. The molecule has 1 atom stereocenters. The predicted octanol–water partition coefficient (Wildman–Crippen LogP) is 0.331. The van der Waals surface area contributed by atoms with E-state index in [1.165, 1.54) is 7.11 Å². The summed E-state index contributed by atoms with van der Waals surface area (Å²) in [6.45, 7) is 1.94. The van der Waals surface area contributed by atoms with Crippen LogP contribution in [0.3, 0.4) is 0 Å². The van der Waals surface area contributed by atoms with Crippen molar-refractivity contribution in [2.75, 3.05) is 26.0 Å². The number of aromatic nitrogens is 1. The molecule has 0 aliphatic heterocycles. The molecule has 0 aliphatic rings. The molecule has 1 aromatic heterocycles. The molecule has 1 aromatic rings. The van der Waals surface area contributed by atoms with Crippen molar-refractivity contribution in [1.29, 1.82) is 0 Å². The first-order valence-electron chi connectivity index (χ1n) is 6.42. The lowest BCUT2D eigenvalue weighted by molar-refractivity contribution is 0.0292. The average molecular weight is 302 g/mol. The zero-order valence-corrected chi connectivity index (χ0v) is 12.7. The zero-order chi connectivity index (χ0) is 15.1. The summed E-state index contributed by atoms with van der Waals surface area (Å²) in [5.41, 5.74) is -0.198. The maximum atomic E-state index is 11.9. The normalized spacial score (nSPS) is 14.9. The van der Waals surface area contributed by atoms with E-state index in [2.05, 4.69) is 9.71 Å². The highest BCUT2D eigenvalue weighted by molar-refractivity contribution is 7.89. The van der Waals surface area contributed by atoms with Gasteiger partial charge in [-0.3, -0.25) is 4.98 Å². The third-order valence-corrected chi connectivity index (χ3v) is 4.25. The van der Waals surface area contributed by atoms with Gasteiger partial charge in [0.2, 0.25) is 10.0 Å². The van der Waals surface area contributed by atoms with E-state index in [0.717, 1.165) is 5.56 Å². The maximum Gasteiger partial charge on any atom is 0.212 e. The number of methoxy groups -OCH3 is 1. The van der Waals surface area contributed by atoms with E-state index in [4.69, 9.17) is 4.74 Å². The van der Waals surface area contributed by atoms with Crippen molar-refractivity contribution in [2.45, 2.75) is 25.4 Å². The molecule has 1 heterocycles. The lowest BCUT2D eigenvalue weighted by Crippen LogP contribution is -2.42. The predicted molar refractivity (Wildman–Crippen MR) is 76.8 cm³/mol. The topological polar surface area (TPSA) is 88.5 Å². The third-order valence-electron chi connectivity index (χ3n) is 2.93. The number of ether oxygens (including phenoxy) is 1. The molecule has 0 aliphatic carbocycles. The van der Waals surface area contributed by atoms with Gasteiger partial charge in [0.15, 0.2) is 0 Å². The molecule has 0 fully saturated rings. The van der Waals surface area contributed by atoms with E-state index in [9.17, 15) is 13.5 Å². The van der Waals surface area contributed by atoms with Gasteiger partial charge in [0, 0.05) is 39.1 Å². The minimum atomic E-state index is -3.41. The van der Waals surface area contributed by atoms with Crippen LogP contribution in [0.25, 0.3) is 0 Å². The highest BCUT2D eigenvalue weighted by atomic mass is 32.2. The Bertz CT molecular complexity index is 488. The SMILES string of the molecule is COCCC(C)(O)CNS(=O)(=O)CCc1ccncc1. The fraction of sp³-hybridized carbons (Fsp3) is 0.615. The average Bonchev–Trinajstić information content (AvgIpc) is 2.43. The van der Waals surface area contributed by atoms with Crippen LogP contribution in [0.1, 0.15) is 18.9 Å². The summed E-state index contributed by atoms with van der Waals surface area (Å²) >= 11 is 0. The molecule has 114 valence electrons. The molecule has 1 rings (SSSR count). The van der Waals surface area contributed by atoms with Crippen LogP contribution in [0.5, 0.6) is 0 Å². The van der Waals surface area contributed by atoms with Crippen molar-refractivity contribution in [2.24, 2.45) is 0 Å². The van der Waals surface area contributed by atoms with Crippen LogP contribution >= 0.6 is 0 Å². The van der Waals surface area contributed by atoms with Gasteiger partial charge in [0.25, 0.3) is 0 Å². The Balaban J connectivity index is 2.42. The summed E-state index contributed by atoms with van der Waals surface area (Å²) in [5.74, 6) is -0.0165. The highest BCUT2D eigenvalue weighted by Gasteiger charge is 2.22. The first-order valence-corrected chi connectivity index (χ1v) is 8.07. The minimum Gasteiger partial charge on any atom is -0.389 e. The van der Waals surface area contributed by atoms with Crippen LogP contribution in [-0.4, -0.2) is 50.1 Å². The molecule has 0 radical (unpaired) electrons. The largest absolute Gasteiger partial charge is 0.389 e. The van der Waals surface area contributed by atoms with Gasteiger partial charge >= 0.3 is 0 Å². The summed E-state index contributed by atoms with van der Waals surface area (Å²) in [4.78, 5) is 3.88. The summed E-state index contributed by atoms with van der Waals surface area (Å²) in [6, 6.07) is 3.56. The van der Waals surface area contributed by atoms with Crippen molar-refractivity contribution in [3.05, 3.63) is 30.1 Å². The quantitative estimate of drug-likeness (QED) is 0.686. The van der Waals surface area contributed by atoms with Gasteiger partial charge in [-0.1, -0.05) is 0 Å². The van der Waals surface area contributed by atoms with Crippen LogP contribution in [0.4, 0.5) is 0 Å². The number of nitrogens with one attached hydrogen (secondary N) is 1.